The van der Waals surface area contributed by atoms with E-state index < -0.39 is 0 Å². The number of nitrogens with zero attached hydrogens (tertiary/aromatic N) is 2. The highest BCUT2D eigenvalue weighted by Gasteiger charge is 2.39. The molecule has 2 N–H and O–H groups in total. The molecule has 1 aliphatic heterocycles. The van der Waals surface area contributed by atoms with Crippen molar-refractivity contribution in [2.24, 2.45) is 12.5 Å². The van der Waals surface area contributed by atoms with Crippen molar-refractivity contribution >= 4 is 11.6 Å². The van der Waals surface area contributed by atoms with E-state index >= 15 is 0 Å². The molecule has 1 fully saturated rings. The van der Waals surface area contributed by atoms with E-state index in [0.29, 0.717) is 0 Å². The molecule has 112 valence electrons. The van der Waals surface area contributed by atoms with Crippen molar-refractivity contribution in [2.75, 3.05) is 18.4 Å². The highest BCUT2D eigenvalue weighted by atomic mass is 16.2. The van der Waals surface area contributed by atoms with Gasteiger partial charge in [-0.15, -0.1) is 0 Å². The van der Waals surface area contributed by atoms with E-state index in [1.54, 1.807) is 0 Å². The molecule has 0 aromatic carbocycles. The van der Waals surface area contributed by atoms with E-state index in [4.69, 9.17) is 0 Å². The highest BCUT2D eigenvalue weighted by Crippen LogP contribution is 2.33. The SMILES string of the molecule is CCCC1(C(=O)Nc2c(C)nn(C)c2C)CCCNC1. The highest BCUT2D eigenvalue weighted by molar-refractivity contribution is 5.96. The van der Waals surface area contributed by atoms with Gasteiger partial charge in [-0.05, 0) is 39.7 Å². The minimum absolute atomic E-state index is 0.144. The largest absolute Gasteiger partial charge is 0.322 e. The second-order valence-electron chi connectivity index (χ2n) is 5.93. The van der Waals surface area contributed by atoms with Gasteiger partial charge in [-0.1, -0.05) is 13.3 Å². The molecule has 5 heteroatoms. The molecule has 1 atom stereocenters. The van der Waals surface area contributed by atoms with Crippen LogP contribution in [0.2, 0.25) is 0 Å². The van der Waals surface area contributed by atoms with Crippen LogP contribution in [0.4, 0.5) is 5.69 Å². The van der Waals surface area contributed by atoms with Crippen LogP contribution in [0.15, 0.2) is 0 Å². The van der Waals surface area contributed by atoms with E-state index in [9.17, 15) is 4.79 Å². The summed E-state index contributed by atoms with van der Waals surface area (Å²) >= 11 is 0. The van der Waals surface area contributed by atoms with Gasteiger partial charge in [-0.2, -0.15) is 5.10 Å². The van der Waals surface area contributed by atoms with Crippen molar-refractivity contribution in [2.45, 2.75) is 46.5 Å². The lowest BCUT2D eigenvalue weighted by molar-refractivity contribution is -0.127. The Labute approximate surface area is 121 Å². The molecule has 0 saturated carbocycles. The number of hydrogen-bond acceptors (Lipinski definition) is 3. The lowest BCUT2D eigenvalue weighted by Crippen LogP contribution is -2.48. The van der Waals surface area contributed by atoms with Crippen molar-refractivity contribution in [3.05, 3.63) is 11.4 Å². The number of hydrogen-bond donors (Lipinski definition) is 2. The zero-order chi connectivity index (χ0) is 14.8. The summed E-state index contributed by atoms with van der Waals surface area (Å²) < 4.78 is 1.82. The Balaban J connectivity index is 2.20. The smallest absolute Gasteiger partial charge is 0.231 e. The standard InChI is InChI=1S/C15H26N4O/c1-5-7-15(8-6-9-16-10-15)14(20)17-13-11(2)18-19(4)12(13)3/h16H,5-10H2,1-4H3,(H,17,20). The molecule has 5 nitrogen and oxygen atoms in total. The third kappa shape index (κ3) is 2.73. The average molecular weight is 278 g/mol. The molecular weight excluding hydrogens is 252 g/mol. The first-order valence-corrected chi connectivity index (χ1v) is 7.52. The van der Waals surface area contributed by atoms with Gasteiger partial charge in [0.25, 0.3) is 0 Å². The van der Waals surface area contributed by atoms with Crippen LogP contribution < -0.4 is 10.6 Å². The molecule has 2 rings (SSSR count). The van der Waals surface area contributed by atoms with Crippen LogP contribution in [-0.4, -0.2) is 28.8 Å². The quantitative estimate of drug-likeness (QED) is 0.887. The van der Waals surface area contributed by atoms with Gasteiger partial charge in [0.15, 0.2) is 0 Å². The molecule has 0 radical (unpaired) electrons. The van der Waals surface area contributed by atoms with E-state index in [-0.39, 0.29) is 11.3 Å². The predicted octanol–water partition coefficient (Wildman–Crippen LogP) is 2.15. The number of rotatable bonds is 4. The fraction of sp³-hybridized carbons (Fsp3) is 0.733. The van der Waals surface area contributed by atoms with Gasteiger partial charge in [0.2, 0.25) is 5.91 Å². The van der Waals surface area contributed by atoms with Crippen molar-refractivity contribution in [1.82, 2.24) is 15.1 Å². The number of nitrogens with one attached hydrogen (secondary N) is 2. The van der Waals surface area contributed by atoms with Gasteiger partial charge >= 0.3 is 0 Å². The Kier molecular flexibility index (Phi) is 4.48. The molecule has 1 aliphatic rings. The van der Waals surface area contributed by atoms with Crippen LogP contribution in [-0.2, 0) is 11.8 Å². The van der Waals surface area contributed by atoms with Crippen molar-refractivity contribution in [3.63, 3.8) is 0 Å². The number of amides is 1. The molecule has 0 aliphatic carbocycles. The first-order valence-electron chi connectivity index (χ1n) is 7.52. The molecular formula is C15H26N4O. The number of anilines is 1. The van der Waals surface area contributed by atoms with Crippen molar-refractivity contribution in [3.8, 4) is 0 Å². The third-order valence-electron chi connectivity index (χ3n) is 4.43. The van der Waals surface area contributed by atoms with Gasteiger partial charge in [0.1, 0.15) is 0 Å². The summed E-state index contributed by atoms with van der Waals surface area (Å²) in [7, 11) is 1.90. The van der Waals surface area contributed by atoms with E-state index in [1.165, 1.54) is 0 Å². The van der Waals surface area contributed by atoms with Crippen LogP contribution in [0.1, 0.15) is 44.0 Å². The summed E-state index contributed by atoms with van der Waals surface area (Å²) in [6, 6.07) is 0. The fourth-order valence-corrected chi connectivity index (χ4v) is 3.17. The van der Waals surface area contributed by atoms with Gasteiger partial charge in [-0.3, -0.25) is 9.48 Å². The number of aromatic nitrogens is 2. The van der Waals surface area contributed by atoms with E-state index in [0.717, 1.165) is 55.8 Å². The van der Waals surface area contributed by atoms with Crippen LogP contribution in [0.25, 0.3) is 0 Å². The zero-order valence-electron chi connectivity index (χ0n) is 13.0. The Bertz CT molecular complexity index is 481. The zero-order valence-corrected chi connectivity index (χ0v) is 13.0. The van der Waals surface area contributed by atoms with Gasteiger partial charge < -0.3 is 10.6 Å². The first kappa shape index (κ1) is 15.0. The van der Waals surface area contributed by atoms with Crippen molar-refractivity contribution < 1.29 is 4.79 Å². The molecule has 0 bridgehead atoms. The topological polar surface area (TPSA) is 59.0 Å². The maximum atomic E-state index is 12.8. The van der Waals surface area contributed by atoms with Crippen LogP contribution in [0, 0.1) is 19.3 Å². The Morgan fingerprint density at radius 2 is 2.25 bits per heavy atom. The lowest BCUT2D eigenvalue weighted by atomic mass is 9.76. The summed E-state index contributed by atoms with van der Waals surface area (Å²) in [5.74, 6) is 0.144. The Morgan fingerprint density at radius 3 is 2.75 bits per heavy atom. The second-order valence-corrected chi connectivity index (χ2v) is 5.93. The van der Waals surface area contributed by atoms with Crippen LogP contribution in [0.5, 0.6) is 0 Å². The predicted molar refractivity (Wildman–Crippen MR) is 80.8 cm³/mol. The number of carbonyl (C=O) groups is 1. The van der Waals surface area contributed by atoms with Gasteiger partial charge in [-0.25, -0.2) is 0 Å². The summed E-state index contributed by atoms with van der Waals surface area (Å²) in [5.41, 5.74) is 2.50. The summed E-state index contributed by atoms with van der Waals surface area (Å²) in [6.45, 7) is 7.87. The second kappa shape index (κ2) is 5.95. The van der Waals surface area contributed by atoms with Gasteiger partial charge in [0.05, 0.1) is 22.5 Å². The van der Waals surface area contributed by atoms with Crippen LogP contribution >= 0.6 is 0 Å². The fourth-order valence-electron chi connectivity index (χ4n) is 3.17. The van der Waals surface area contributed by atoms with E-state index in [1.807, 2.05) is 25.6 Å². The monoisotopic (exact) mass is 278 g/mol. The molecule has 2 heterocycles. The van der Waals surface area contributed by atoms with E-state index in [2.05, 4.69) is 22.7 Å². The molecule has 1 aromatic heterocycles. The Morgan fingerprint density at radius 1 is 1.50 bits per heavy atom. The maximum absolute atomic E-state index is 12.8. The first-order chi connectivity index (χ1) is 9.50. The number of carbonyl (C=O) groups excluding carboxylic acids is 1. The average Bonchev–Trinajstić information content (AvgIpc) is 2.67. The maximum Gasteiger partial charge on any atom is 0.231 e. The van der Waals surface area contributed by atoms with Crippen molar-refractivity contribution in [1.29, 1.82) is 0 Å². The third-order valence-corrected chi connectivity index (χ3v) is 4.43. The molecule has 1 unspecified atom stereocenters. The summed E-state index contributed by atoms with van der Waals surface area (Å²) in [5, 5.41) is 10.9. The van der Waals surface area contributed by atoms with Crippen LogP contribution in [0.3, 0.4) is 0 Å². The number of piperidine rings is 1. The molecule has 1 amide bonds. The molecule has 20 heavy (non-hydrogen) atoms. The summed E-state index contributed by atoms with van der Waals surface area (Å²) in [6.07, 6.45) is 4.00. The molecule has 0 spiro atoms. The molecule has 1 saturated heterocycles. The minimum Gasteiger partial charge on any atom is -0.322 e. The Hall–Kier alpha value is -1.36. The summed E-state index contributed by atoms with van der Waals surface area (Å²) in [4.78, 5) is 12.8. The number of aryl methyl sites for hydroxylation is 2. The van der Waals surface area contributed by atoms with Gasteiger partial charge in [0, 0.05) is 13.6 Å². The normalized spacial score (nSPS) is 22.8. The molecule has 1 aromatic rings. The minimum atomic E-state index is -0.262. The lowest BCUT2D eigenvalue weighted by Gasteiger charge is -2.36.